The number of hydrogen-bond donors (Lipinski definition) is 2. The zero-order valence-electron chi connectivity index (χ0n) is 17.3. The second-order valence-electron chi connectivity index (χ2n) is 6.94. The lowest BCUT2D eigenvalue weighted by Crippen LogP contribution is -2.16. The largest absolute Gasteiger partial charge is 0.488 e. The minimum absolute atomic E-state index is 0.0770. The first-order valence-corrected chi connectivity index (χ1v) is 9.99. The van der Waals surface area contributed by atoms with Crippen LogP contribution in [0.15, 0.2) is 88.8 Å². The second-order valence-corrected chi connectivity index (χ2v) is 6.94. The van der Waals surface area contributed by atoms with Crippen molar-refractivity contribution in [3.8, 4) is 23.1 Å². The molecule has 0 saturated carbocycles. The molecule has 0 saturated heterocycles. The summed E-state index contributed by atoms with van der Waals surface area (Å²) in [5, 5.41) is 13.5. The van der Waals surface area contributed by atoms with Crippen LogP contribution in [0, 0.1) is 17.1 Å². The lowest BCUT2D eigenvalue weighted by Gasteiger charge is -2.09. The van der Waals surface area contributed by atoms with Crippen LogP contribution in [0.4, 0.5) is 10.3 Å². The van der Waals surface area contributed by atoms with Crippen molar-refractivity contribution in [3.05, 3.63) is 112 Å². The number of nitriles is 1. The van der Waals surface area contributed by atoms with Gasteiger partial charge in [-0.2, -0.15) is 10.4 Å². The van der Waals surface area contributed by atoms with Crippen molar-refractivity contribution >= 4 is 12.2 Å². The number of benzene rings is 3. The van der Waals surface area contributed by atoms with E-state index >= 15 is 0 Å². The number of aromatic nitrogens is 2. The Bertz CT molecular complexity index is 1390. The third kappa shape index (κ3) is 5.29. The van der Waals surface area contributed by atoms with Crippen molar-refractivity contribution in [1.82, 2.24) is 9.97 Å². The van der Waals surface area contributed by atoms with Gasteiger partial charge < -0.3 is 4.74 Å². The Morgan fingerprint density at radius 1 is 1.09 bits per heavy atom. The molecule has 0 aliphatic rings. The molecule has 0 atom stereocenters. The Labute approximate surface area is 188 Å². The van der Waals surface area contributed by atoms with Gasteiger partial charge in [0.05, 0.1) is 11.9 Å². The predicted molar refractivity (Wildman–Crippen MR) is 123 cm³/mol. The third-order valence-corrected chi connectivity index (χ3v) is 4.65. The van der Waals surface area contributed by atoms with Crippen molar-refractivity contribution in [2.45, 2.75) is 6.61 Å². The van der Waals surface area contributed by atoms with Crippen molar-refractivity contribution < 1.29 is 9.13 Å². The maximum Gasteiger partial charge on any atom is 0.270 e. The zero-order valence-corrected chi connectivity index (χ0v) is 17.3. The van der Waals surface area contributed by atoms with E-state index in [0.29, 0.717) is 22.4 Å². The van der Waals surface area contributed by atoms with E-state index in [1.165, 1.54) is 18.3 Å². The fourth-order valence-corrected chi connectivity index (χ4v) is 3.10. The number of para-hydroxylation sites is 1. The number of ether oxygens (including phenoxy) is 1. The number of rotatable bonds is 7. The molecule has 33 heavy (non-hydrogen) atoms. The molecule has 0 bridgehead atoms. The van der Waals surface area contributed by atoms with Gasteiger partial charge in [0.25, 0.3) is 5.56 Å². The first-order chi connectivity index (χ1) is 16.1. The second kappa shape index (κ2) is 10.0. The maximum atomic E-state index is 13.4. The van der Waals surface area contributed by atoms with E-state index in [-0.39, 0.29) is 29.6 Å². The molecule has 0 fully saturated rings. The summed E-state index contributed by atoms with van der Waals surface area (Å²) in [7, 11) is 0. The van der Waals surface area contributed by atoms with Crippen molar-refractivity contribution in [1.29, 1.82) is 5.26 Å². The minimum Gasteiger partial charge on any atom is -0.488 e. The third-order valence-electron chi connectivity index (χ3n) is 4.65. The molecular weight excluding hydrogens is 421 g/mol. The number of nitrogens with zero attached hydrogens (tertiary/aromatic N) is 3. The summed E-state index contributed by atoms with van der Waals surface area (Å²) in [5.74, 6) is 0.319. The topological polar surface area (TPSA) is 103 Å². The number of halogens is 1. The molecule has 162 valence electrons. The Morgan fingerprint density at radius 2 is 1.88 bits per heavy atom. The van der Waals surface area contributed by atoms with Gasteiger partial charge in [0.1, 0.15) is 29.8 Å². The fourth-order valence-electron chi connectivity index (χ4n) is 3.10. The monoisotopic (exact) mass is 439 g/mol. The number of H-pyrrole nitrogens is 1. The van der Waals surface area contributed by atoms with E-state index in [1.54, 1.807) is 48.5 Å². The van der Waals surface area contributed by atoms with Crippen LogP contribution in [0.3, 0.4) is 0 Å². The summed E-state index contributed by atoms with van der Waals surface area (Å²) in [4.78, 5) is 19.2. The first kappa shape index (κ1) is 21.5. The summed E-state index contributed by atoms with van der Waals surface area (Å²) < 4.78 is 19.2. The summed E-state index contributed by atoms with van der Waals surface area (Å²) in [5.41, 5.74) is 4.32. The lowest BCUT2D eigenvalue weighted by atomic mass is 10.1. The Hall–Kier alpha value is -4.77. The van der Waals surface area contributed by atoms with Gasteiger partial charge in [-0.3, -0.25) is 9.78 Å². The van der Waals surface area contributed by atoms with Crippen LogP contribution < -0.4 is 15.7 Å². The number of aromatic amines is 1. The van der Waals surface area contributed by atoms with Crippen LogP contribution in [0.5, 0.6) is 5.75 Å². The zero-order chi connectivity index (χ0) is 23.0. The standard InChI is InChI=1S/C25H18FN5O2/c26-20-11-6-7-17(13-20)16-33-22-12-5-4-10-19(22)15-28-31-25-29-23(18-8-2-1-3-9-18)21(14-27)24(32)30-25/h1-13,15H,16H2,(H2,29,30,31,32). The maximum absolute atomic E-state index is 13.4. The molecule has 4 aromatic rings. The van der Waals surface area contributed by atoms with Gasteiger partial charge in [-0.15, -0.1) is 0 Å². The normalized spacial score (nSPS) is 10.7. The van der Waals surface area contributed by atoms with E-state index in [9.17, 15) is 14.4 Å². The quantitative estimate of drug-likeness (QED) is 0.327. The number of nitrogens with one attached hydrogen (secondary N) is 2. The molecule has 8 heteroatoms. The summed E-state index contributed by atoms with van der Waals surface area (Å²) in [6.45, 7) is 0.195. The summed E-state index contributed by atoms with van der Waals surface area (Å²) in [6, 6.07) is 24.3. The molecular formula is C25H18FN5O2. The Balaban J connectivity index is 1.53. The molecule has 1 aromatic heterocycles. The van der Waals surface area contributed by atoms with E-state index in [1.807, 2.05) is 24.3 Å². The predicted octanol–water partition coefficient (Wildman–Crippen LogP) is 4.47. The molecule has 2 N–H and O–H groups in total. The van der Waals surface area contributed by atoms with E-state index in [2.05, 4.69) is 20.5 Å². The molecule has 0 aliphatic carbocycles. The van der Waals surface area contributed by atoms with Gasteiger partial charge in [0.2, 0.25) is 5.95 Å². The average Bonchev–Trinajstić information content (AvgIpc) is 2.84. The molecule has 0 spiro atoms. The summed E-state index contributed by atoms with van der Waals surface area (Å²) in [6.07, 6.45) is 1.52. The fraction of sp³-hybridized carbons (Fsp3) is 0.0400. The SMILES string of the molecule is N#Cc1c(-c2ccccc2)nc(NN=Cc2ccccc2OCc2cccc(F)c2)[nH]c1=O. The Kier molecular flexibility index (Phi) is 6.52. The van der Waals surface area contributed by atoms with E-state index in [0.717, 1.165) is 0 Å². The van der Waals surface area contributed by atoms with Crippen molar-refractivity contribution in [3.63, 3.8) is 0 Å². The van der Waals surface area contributed by atoms with Gasteiger partial charge in [0, 0.05) is 11.1 Å². The number of anilines is 1. The highest BCUT2D eigenvalue weighted by Crippen LogP contribution is 2.20. The van der Waals surface area contributed by atoms with Gasteiger partial charge in [0.15, 0.2) is 0 Å². The van der Waals surface area contributed by atoms with Crippen LogP contribution >= 0.6 is 0 Å². The van der Waals surface area contributed by atoms with Crippen LogP contribution in [0.1, 0.15) is 16.7 Å². The van der Waals surface area contributed by atoms with Gasteiger partial charge in [-0.05, 0) is 29.8 Å². The smallest absolute Gasteiger partial charge is 0.270 e. The molecule has 0 amide bonds. The van der Waals surface area contributed by atoms with Gasteiger partial charge in [-0.1, -0.05) is 54.6 Å². The molecule has 0 radical (unpaired) electrons. The summed E-state index contributed by atoms with van der Waals surface area (Å²) >= 11 is 0. The number of hydrogen-bond acceptors (Lipinski definition) is 6. The van der Waals surface area contributed by atoms with Crippen molar-refractivity contribution in [2.24, 2.45) is 5.10 Å². The first-order valence-electron chi connectivity index (χ1n) is 9.99. The van der Waals surface area contributed by atoms with Gasteiger partial charge >= 0.3 is 0 Å². The number of hydrazone groups is 1. The van der Waals surface area contributed by atoms with Crippen molar-refractivity contribution in [2.75, 3.05) is 5.43 Å². The van der Waals surface area contributed by atoms with Crippen LogP contribution in [0.25, 0.3) is 11.3 Å². The molecule has 0 unspecified atom stereocenters. The highest BCUT2D eigenvalue weighted by molar-refractivity contribution is 5.83. The minimum atomic E-state index is -0.567. The van der Waals surface area contributed by atoms with Crippen LogP contribution in [0.2, 0.25) is 0 Å². The molecule has 0 aliphatic heterocycles. The van der Waals surface area contributed by atoms with E-state index in [4.69, 9.17) is 4.74 Å². The molecule has 7 nitrogen and oxygen atoms in total. The Morgan fingerprint density at radius 3 is 2.67 bits per heavy atom. The van der Waals surface area contributed by atoms with Crippen LogP contribution in [-0.4, -0.2) is 16.2 Å². The highest BCUT2D eigenvalue weighted by Gasteiger charge is 2.13. The van der Waals surface area contributed by atoms with Gasteiger partial charge in [-0.25, -0.2) is 14.8 Å². The molecule has 4 rings (SSSR count). The molecule has 1 heterocycles. The average molecular weight is 439 g/mol. The lowest BCUT2D eigenvalue weighted by molar-refractivity contribution is 0.305. The highest BCUT2D eigenvalue weighted by atomic mass is 19.1. The molecule has 3 aromatic carbocycles. The van der Waals surface area contributed by atoms with E-state index < -0.39 is 5.56 Å². The van der Waals surface area contributed by atoms with Crippen LogP contribution in [-0.2, 0) is 6.61 Å².